The van der Waals surface area contributed by atoms with Gasteiger partial charge in [-0.25, -0.2) is 8.78 Å². The number of halogens is 2. The van der Waals surface area contributed by atoms with Crippen LogP contribution >= 0.6 is 0 Å². The van der Waals surface area contributed by atoms with Crippen molar-refractivity contribution in [2.75, 3.05) is 39.3 Å². The zero-order valence-corrected chi connectivity index (χ0v) is 22.7. The molecule has 6 atom stereocenters. The number of hydrogen-bond donors (Lipinski definition) is 0. The quantitative estimate of drug-likeness (QED) is 0.388. The summed E-state index contributed by atoms with van der Waals surface area (Å²) in [4.78, 5) is 17.9. The molecule has 5 nitrogen and oxygen atoms in total. The van der Waals surface area contributed by atoms with Gasteiger partial charge in [0.1, 0.15) is 17.7 Å². The molecular formula is C32H38F2N2O3. The Labute approximate surface area is 229 Å². The van der Waals surface area contributed by atoms with Gasteiger partial charge in [0.15, 0.2) is 0 Å². The number of ether oxygens (including phenoxy) is 2. The van der Waals surface area contributed by atoms with Crippen LogP contribution in [0.25, 0.3) is 0 Å². The van der Waals surface area contributed by atoms with Crippen molar-refractivity contribution in [3.05, 3.63) is 71.3 Å². The lowest BCUT2D eigenvalue weighted by Crippen LogP contribution is -2.52. The summed E-state index contributed by atoms with van der Waals surface area (Å²) in [6.07, 6.45) is 5.63. The Morgan fingerprint density at radius 3 is 2.15 bits per heavy atom. The van der Waals surface area contributed by atoms with Crippen molar-refractivity contribution in [3.8, 4) is 0 Å². The monoisotopic (exact) mass is 536 g/mol. The lowest BCUT2D eigenvalue weighted by atomic mass is 9.53. The molecule has 7 rings (SSSR count). The van der Waals surface area contributed by atoms with Crippen LogP contribution in [0.3, 0.4) is 0 Å². The highest BCUT2D eigenvalue weighted by Gasteiger charge is 2.65. The van der Waals surface area contributed by atoms with Gasteiger partial charge in [0.25, 0.3) is 0 Å². The van der Waals surface area contributed by atoms with E-state index in [4.69, 9.17) is 9.47 Å². The number of fused-ring (bicyclic) bond motifs is 3. The van der Waals surface area contributed by atoms with Crippen LogP contribution in [0.1, 0.15) is 56.2 Å². The smallest absolute Gasteiger partial charge is 0.310 e. The fourth-order valence-corrected chi connectivity index (χ4v) is 8.55. The summed E-state index contributed by atoms with van der Waals surface area (Å²) in [5, 5.41) is 0. The maximum atomic E-state index is 13.7. The Morgan fingerprint density at radius 2 is 1.56 bits per heavy atom. The SMILES string of the molecule is CC12CCCC3(CO3)C1CC1C(C2)OC(=O)C1CN1CCN(C(c2ccc(F)cc2)c2ccc(F)cc2)CC1. The number of epoxide rings is 1. The standard InChI is InChI=1S/C32H38F2N2O3/c1-31-11-2-12-32(20-38-32)28(31)17-25-26(30(37)39-27(25)18-31)19-35-13-15-36(16-14-35)29(21-3-7-23(33)8-4-21)22-5-9-24(34)10-6-22/h3-10,25-29H,2,11-20H2,1H3. The normalized spacial score (nSPS) is 36.6. The van der Waals surface area contributed by atoms with Crippen LogP contribution in [-0.2, 0) is 14.3 Å². The first-order chi connectivity index (χ1) is 18.8. The van der Waals surface area contributed by atoms with Crippen molar-refractivity contribution in [2.45, 2.75) is 56.8 Å². The van der Waals surface area contributed by atoms with Crippen LogP contribution in [0, 0.1) is 34.8 Å². The van der Waals surface area contributed by atoms with Crippen molar-refractivity contribution in [3.63, 3.8) is 0 Å². The molecule has 6 unspecified atom stereocenters. The van der Waals surface area contributed by atoms with Gasteiger partial charge >= 0.3 is 5.97 Å². The van der Waals surface area contributed by atoms with E-state index < -0.39 is 0 Å². The highest BCUT2D eigenvalue weighted by molar-refractivity contribution is 5.75. The lowest BCUT2D eigenvalue weighted by Gasteiger charge is -2.51. The van der Waals surface area contributed by atoms with E-state index in [9.17, 15) is 13.6 Å². The molecule has 2 aromatic rings. The van der Waals surface area contributed by atoms with E-state index in [0.29, 0.717) is 5.92 Å². The van der Waals surface area contributed by atoms with Gasteiger partial charge in [0.2, 0.25) is 0 Å². The number of esters is 1. The molecule has 0 aromatic heterocycles. The second-order valence-electron chi connectivity index (χ2n) is 12.9. The zero-order chi connectivity index (χ0) is 26.8. The third kappa shape index (κ3) is 4.60. The van der Waals surface area contributed by atoms with Gasteiger partial charge in [0.05, 0.1) is 24.2 Å². The van der Waals surface area contributed by atoms with E-state index >= 15 is 0 Å². The van der Waals surface area contributed by atoms with Gasteiger partial charge in [0, 0.05) is 38.6 Å². The summed E-state index contributed by atoms with van der Waals surface area (Å²) in [6, 6.07) is 13.2. The molecule has 2 aromatic carbocycles. The Balaban J connectivity index is 1.04. The summed E-state index contributed by atoms with van der Waals surface area (Å²) < 4.78 is 39.5. The highest BCUT2D eigenvalue weighted by Crippen LogP contribution is 2.62. The largest absolute Gasteiger partial charge is 0.462 e. The molecular weight excluding hydrogens is 498 g/mol. The average molecular weight is 537 g/mol. The van der Waals surface area contributed by atoms with Crippen LogP contribution in [0.2, 0.25) is 0 Å². The van der Waals surface area contributed by atoms with Gasteiger partial charge in [-0.1, -0.05) is 31.2 Å². The molecule has 3 aliphatic heterocycles. The second-order valence-corrected chi connectivity index (χ2v) is 12.9. The molecule has 39 heavy (non-hydrogen) atoms. The first-order valence-corrected chi connectivity index (χ1v) is 14.7. The minimum absolute atomic E-state index is 0.0176. The van der Waals surface area contributed by atoms with Crippen LogP contribution in [0.15, 0.2) is 48.5 Å². The molecule has 3 heterocycles. The van der Waals surface area contributed by atoms with E-state index in [1.165, 1.54) is 37.1 Å². The Hall–Kier alpha value is -2.35. The molecule has 1 spiro atoms. The van der Waals surface area contributed by atoms with Crippen LogP contribution in [-0.4, -0.2) is 66.8 Å². The third-order valence-corrected chi connectivity index (χ3v) is 10.7. The molecule has 5 fully saturated rings. The molecule has 0 N–H and O–H groups in total. The maximum absolute atomic E-state index is 13.7. The van der Waals surface area contributed by atoms with Crippen LogP contribution < -0.4 is 0 Å². The predicted octanol–water partition coefficient (Wildman–Crippen LogP) is 5.20. The van der Waals surface area contributed by atoms with Gasteiger partial charge in [-0.05, 0) is 78.8 Å². The molecule has 5 aliphatic rings. The number of carbonyl (C=O) groups excluding carboxylic acids is 1. The van der Waals surface area contributed by atoms with Gasteiger partial charge in [-0.2, -0.15) is 0 Å². The minimum Gasteiger partial charge on any atom is -0.462 e. The summed E-state index contributed by atoms with van der Waals surface area (Å²) in [6.45, 7) is 7.33. The van der Waals surface area contributed by atoms with Gasteiger partial charge in [-0.15, -0.1) is 0 Å². The van der Waals surface area contributed by atoms with Crippen molar-refractivity contribution >= 4 is 5.97 Å². The van der Waals surface area contributed by atoms with Crippen molar-refractivity contribution < 1.29 is 23.0 Å². The minimum atomic E-state index is -0.265. The fourth-order valence-electron chi connectivity index (χ4n) is 8.55. The predicted molar refractivity (Wildman–Crippen MR) is 143 cm³/mol. The van der Waals surface area contributed by atoms with E-state index in [0.717, 1.165) is 69.7 Å². The number of carbonyl (C=O) groups is 1. The van der Waals surface area contributed by atoms with E-state index in [-0.39, 0.29) is 52.6 Å². The van der Waals surface area contributed by atoms with Crippen LogP contribution in [0.4, 0.5) is 8.78 Å². The molecule has 2 aliphatic carbocycles. The Morgan fingerprint density at radius 1 is 0.949 bits per heavy atom. The number of benzene rings is 2. The second kappa shape index (κ2) is 9.64. The molecule has 0 radical (unpaired) electrons. The molecule has 3 saturated heterocycles. The Kier molecular flexibility index (Phi) is 6.33. The first kappa shape index (κ1) is 25.6. The topological polar surface area (TPSA) is 45.3 Å². The van der Waals surface area contributed by atoms with E-state index in [1.54, 1.807) is 0 Å². The molecule has 0 bridgehead atoms. The maximum Gasteiger partial charge on any atom is 0.310 e. The third-order valence-electron chi connectivity index (χ3n) is 10.7. The zero-order valence-electron chi connectivity index (χ0n) is 22.7. The molecule has 0 amide bonds. The van der Waals surface area contributed by atoms with Gasteiger partial charge < -0.3 is 9.47 Å². The number of nitrogens with zero attached hydrogens (tertiary/aromatic N) is 2. The van der Waals surface area contributed by atoms with Crippen LogP contribution in [0.5, 0.6) is 0 Å². The summed E-state index contributed by atoms with van der Waals surface area (Å²) in [5.74, 6) is 0.182. The summed E-state index contributed by atoms with van der Waals surface area (Å²) in [5.41, 5.74) is 2.27. The molecule has 208 valence electrons. The Bertz CT molecular complexity index is 1160. The first-order valence-electron chi connectivity index (χ1n) is 14.7. The summed E-state index contributed by atoms with van der Waals surface area (Å²) >= 11 is 0. The average Bonchev–Trinajstić information content (AvgIpc) is 3.63. The molecule has 7 heteroatoms. The van der Waals surface area contributed by atoms with Crippen molar-refractivity contribution in [1.29, 1.82) is 0 Å². The van der Waals surface area contributed by atoms with Crippen molar-refractivity contribution in [2.24, 2.45) is 23.2 Å². The highest BCUT2D eigenvalue weighted by atomic mass is 19.1. The molecule has 2 saturated carbocycles. The van der Waals surface area contributed by atoms with Gasteiger partial charge in [-0.3, -0.25) is 14.6 Å². The lowest BCUT2D eigenvalue weighted by molar-refractivity contribution is -0.147. The number of rotatable bonds is 5. The van der Waals surface area contributed by atoms with E-state index in [2.05, 4.69) is 16.7 Å². The van der Waals surface area contributed by atoms with E-state index in [1.807, 2.05) is 24.3 Å². The fraction of sp³-hybridized carbons (Fsp3) is 0.594. The summed E-state index contributed by atoms with van der Waals surface area (Å²) in [7, 11) is 0. The number of piperazine rings is 1. The van der Waals surface area contributed by atoms with Crippen molar-refractivity contribution in [1.82, 2.24) is 9.80 Å². The number of hydrogen-bond acceptors (Lipinski definition) is 5.